The van der Waals surface area contributed by atoms with Gasteiger partial charge in [-0.2, -0.15) is 0 Å². The molecule has 1 aromatic carbocycles. The second kappa shape index (κ2) is 5.07. The van der Waals surface area contributed by atoms with Gasteiger partial charge in [-0.05, 0) is 18.4 Å². The molecule has 0 amide bonds. The highest BCUT2D eigenvalue weighted by Gasteiger charge is 2.32. The van der Waals surface area contributed by atoms with Gasteiger partial charge in [-0.1, -0.05) is 30.3 Å². The molecule has 1 heterocycles. The van der Waals surface area contributed by atoms with E-state index >= 15 is 0 Å². The third kappa shape index (κ3) is 2.58. The highest BCUT2D eigenvalue weighted by atomic mass is 19.2. The number of hydrogen-bond donors (Lipinski definition) is 0. The number of benzene rings is 1. The van der Waals surface area contributed by atoms with E-state index in [1.54, 1.807) is 0 Å². The minimum absolute atomic E-state index is 0.212. The molecule has 3 nitrogen and oxygen atoms in total. The molecule has 1 aromatic rings. The van der Waals surface area contributed by atoms with Crippen molar-refractivity contribution in [3.8, 4) is 0 Å². The lowest BCUT2D eigenvalue weighted by Gasteiger charge is -2.13. The molecule has 1 saturated heterocycles. The number of rotatable bonds is 3. The van der Waals surface area contributed by atoms with Gasteiger partial charge >= 0.3 is 5.97 Å². The van der Waals surface area contributed by atoms with Crippen LogP contribution in [0.25, 0.3) is 0 Å². The smallest absolute Gasteiger partial charge is 0.326 e. The number of hydrogen-bond acceptors (Lipinski definition) is 3. The lowest BCUT2D eigenvalue weighted by atomic mass is 10.2. The second-order valence-electron chi connectivity index (χ2n) is 3.87. The summed E-state index contributed by atoms with van der Waals surface area (Å²) in [6.07, 6.45) is 1.26. The third-order valence-electron chi connectivity index (χ3n) is 2.68. The Morgan fingerprint density at radius 3 is 2.81 bits per heavy atom. The summed E-state index contributed by atoms with van der Waals surface area (Å²) in [5, 5.41) is 0.563. The Morgan fingerprint density at radius 1 is 1.44 bits per heavy atom. The predicted octanol–water partition coefficient (Wildman–Crippen LogP) is 2.08. The zero-order valence-corrected chi connectivity index (χ0v) is 8.93. The molecule has 4 heteroatoms. The Balaban J connectivity index is 1.84. The molecule has 1 aliphatic rings. The van der Waals surface area contributed by atoms with Gasteiger partial charge in [0.25, 0.3) is 0 Å². The van der Waals surface area contributed by atoms with Gasteiger partial charge in [-0.3, -0.25) is 4.79 Å². The van der Waals surface area contributed by atoms with Crippen LogP contribution in [-0.4, -0.2) is 23.7 Å². The monoisotopic (exact) mass is 223 g/mol. The largest absolute Gasteiger partial charge is 0.460 e. The maximum Gasteiger partial charge on any atom is 0.326 e. The van der Waals surface area contributed by atoms with Crippen molar-refractivity contribution in [2.24, 2.45) is 0 Å². The Labute approximate surface area is 93.8 Å². The maximum absolute atomic E-state index is 13.1. The number of esters is 1. The van der Waals surface area contributed by atoms with E-state index in [1.165, 1.54) is 0 Å². The molecular formula is C12H14FNO2. The van der Waals surface area contributed by atoms with Gasteiger partial charge in [-0.25, -0.2) is 0 Å². The van der Waals surface area contributed by atoms with Gasteiger partial charge in [0.05, 0.1) is 0 Å². The molecule has 0 bridgehead atoms. The van der Waals surface area contributed by atoms with Crippen molar-refractivity contribution in [3.63, 3.8) is 0 Å². The Kier molecular flexibility index (Phi) is 3.51. The average molecular weight is 223 g/mol. The second-order valence-corrected chi connectivity index (χ2v) is 3.87. The van der Waals surface area contributed by atoms with Crippen LogP contribution in [0.15, 0.2) is 30.3 Å². The number of carbonyl (C=O) groups is 1. The van der Waals surface area contributed by atoms with Crippen molar-refractivity contribution >= 4 is 5.97 Å². The summed E-state index contributed by atoms with van der Waals surface area (Å²) in [4.78, 5) is 11.5. The lowest BCUT2D eigenvalue weighted by molar-refractivity contribution is -0.156. The SMILES string of the molecule is O=C(OCc1ccccc1)C1CCCN1F. The van der Waals surface area contributed by atoms with Crippen molar-refractivity contribution < 1.29 is 14.0 Å². The molecule has 16 heavy (non-hydrogen) atoms. The van der Waals surface area contributed by atoms with Gasteiger partial charge in [-0.15, -0.1) is 9.60 Å². The number of nitrogens with zero attached hydrogens (tertiary/aromatic N) is 1. The van der Waals surface area contributed by atoms with E-state index in [2.05, 4.69) is 0 Å². The standard InChI is InChI=1S/C12H14FNO2/c13-14-8-4-7-11(14)12(15)16-9-10-5-2-1-3-6-10/h1-3,5-6,11H,4,7-9H2. The van der Waals surface area contributed by atoms with Gasteiger partial charge < -0.3 is 4.74 Å². The molecule has 0 saturated carbocycles. The molecule has 1 atom stereocenters. The first kappa shape index (κ1) is 11.1. The van der Waals surface area contributed by atoms with E-state index in [-0.39, 0.29) is 6.61 Å². The van der Waals surface area contributed by atoms with Crippen LogP contribution in [0.4, 0.5) is 4.48 Å². The highest BCUT2D eigenvalue weighted by Crippen LogP contribution is 2.18. The van der Waals surface area contributed by atoms with Crippen LogP contribution in [0, 0.1) is 0 Å². The first-order chi connectivity index (χ1) is 7.77. The van der Waals surface area contributed by atoms with Gasteiger partial charge in [0.15, 0.2) is 0 Å². The quantitative estimate of drug-likeness (QED) is 0.580. The first-order valence-corrected chi connectivity index (χ1v) is 5.40. The fraction of sp³-hybridized carbons (Fsp3) is 0.417. The third-order valence-corrected chi connectivity index (χ3v) is 2.68. The number of halogens is 1. The van der Waals surface area contributed by atoms with E-state index in [1.807, 2.05) is 30.3 Å². The van der Waals surface area contributed by atoms with Crippen molar-refractivity contribution in [2.45, 2.75) is 25.5 Å². The molecule has 0 spiro atoms. The van der Waals surface area contributed by atoms with E-state index in [9.17, 15) is 9.28 Å². The molecule has 1 unspecified atom stereocenters. The Bertz CT molecular complexity index is 355. The summed E-state index contributed by atoms with van der Waals surface area (Å²) < 4.78 is 18.2. The molecule has 1 aliphatic heterocycles. The molecule has 1 fully saturated rings. The Morgan fingerprint density at radius 2 is 2.19 bits per heavy atom. The minimum Gasteiger partial charge on any atom is -0.460 e. The van der Waals surface area contributed by atoms with Gasteiger partial charge in [0.1, 0.15) is 12.6 Å². The van der Waals surface area contributed by atoms with Gasteiger partial charge in [0, 0.05) is 6.54 Å². The van der Waals surface area contributed by atoms with E-state index in [0.717, 1.165) is 5.56 Å². The predicted molar refractivity (Wildman–Crippen MR) is 57.1 cm³/mol. The number of carbonyl (C=O) groups excluding carboxylic acids is 1. The molecule has 0 N–H and O–H groups in total. The summed E-state index contributed by atoms with van der Waals surface area (Å²) in [5.41, 5.74) is 0.916. The van der Waals surface area contributed by atoms with Gasteiger partial charge in [0.2, 0.25) is 0 Å². The maximum atomic E-state index is 13.1. The van der Waals surface area contributed by atoms with Crippen LogP contribution in [-0.2, 0) is 16.1 Å². The zero-order chi connectivity index (χ0) is 11.4. The topological polar surface area (TPSA) is 29.5 Å². The van der Waals surface area contributed by atoms with Crippen LogP contribution < -0.4 is 0 Å². The average Bonchev–Trinajstić information content (AvgIpc) is 2.74. The zero-order valence-electron chi connectivity index (χ0n) is 8.93. The van der Waals surface area contributed by atoms with Crippen molar-refractivity contribution in [2.75, 3.05) is 6.54 Å². The molecule has 0 radical (unpaired) electrons. The lowest BCUT2D eigenvalue weighted by Crippen LogP contribution is -2.31. The fourth-order valence-corrected chi connectivity index (χ4v) is 1.79. The fourth-order valence-electron chi connectivity index (χ4n) is 1.79. The normalized spacial score (nSPS) is 20.9. The Hall–Kier alpha value is -1.42. The van der Waals surface area contributed by atoms with Crippen LogP contribution >= 0.6 is 0 Å². The van der Waals surface area contributed by atoms with E-state index in [0.29, 0.717) is 24.5 Å². The van der Waals surface area contributed by atoms with Crippen LogP contribution in [0.2, 0.25) is 0 Å². The summed E-state index contributed by atoms with van der Waals surface area (Å²) in [6.45, 7) is 0.537. The summed E-state index contributed by atoms with van der Waals surface area (Å²) >= 11 is 0. The van der Waals surface area contributed by atoms with Crippen LogP contribution in [0.3, 0.4) is 0 Å². The van der Waals surface area contributed by atoms with E-state index in [4.69, 9.17) is 4.74 Å². The number of ether oxygens (including phenoxy) is 1. The summed E-state index contributed by atoms with van der Waals surface area (Å²) in [6, 6.07) is 8.68. The molecule has 86 valence electrons. The first-order valence-electron chi connectivity index (χ1n) is 5.40. The van der Waals surface area contributed by atoms with E-state index < -0.39 is 12.0 Å². The molecule has 0 aromatic heterocycles. The summed E-state index contributed by atoms with van der Waals surface area (Å²) in [7, 11) is 0. The van der Waals surface area contributed by atoms with Crippen molar-refractivity contribution in [3.05, 3.63) is 35.9 Å². The molecule has 2 rings (SSSR count). The van der Waals surface area contributed by atoms with Crippen LogP contribution in [0.1, 0.15) is 18.4 Å². The minimum atomic E-state index is -0.705. The molecule has 0 aliphatic carbocycles. The van der Waals surface area contributed by atoms with Crippen molar-refractivity contribution in [1.29, 1.82) is 0 Å². The van der Waals surface area contributed by atoms with Crippen molar-refractivity contribution in [1.82, 2.24) is 5.12 Å². The highest BCUT2D eigenvalue weighted by molar-refractivity contribution is 5.75. The molecular weight excluding hydrogens is 209 g/mol. The summed E-state index contributed by atoms with van der Waals surface area (Å²) in [5.74, 6) is -0.469. The van der Waals surface area contributed by atoms with Crippen LogP contribution in [0.5, 0.6) is 0 Å².